The van der Waals surface area contributed by atoms with Crippen LogP contribution in [-0.2, 0) is 13.2 Å². The molecule has 0 saturated carbocycles. The average molecular weight is 388 g/mol. The number of nitrogens with zero attached hydrogens (tertiary/aromatic N) is 2. The van der Waals surface area contributed by atoms with Crippen molar-refractivity contribution in [3.63, 3.8) is 0 Å². The van der Waals surface area contributed by atoms with Crippen molar-refractivity contribution < 1.29 is 18.0 Å². The van der Waals surface area contributed by atoms with Gasteiger partial charge in [0.1, 0.15) is 0 Å². The summed E-state index contributed by atoms with van der Waals surface area (Å²) < 4.78 is 40.2. The molecule has 0 unspecified atom stereocenters. The maximum atomic E-state index is 13.0. The number of benzene rings is 2. The minimum absolute atomic E-state index is 0.238. The van der Waals surface area contributed by atoms with E-state index in [0.29, 0.717) is 16.9 Å². The van der Waals surface area contributed by atoms with Crippen LogP contribution in [0.25, 0.3) is 11.3 Å². The Kier molecular flexibility index (Phi) is 5.16. The van der Waals surface area contributed by atoms with E-state index in [9.17, 15) is 22.8 Å². The molecule has 1 heterocycles. The van der Waals surface area contributed by atoms with Gasteiger partial charge in [-0.25, -0.2) is 9.48 Å². The second-order valence-corrected chi connectivity index (χ2v) is 5.88. The molecular formula is C19H15F3N4O2. The first-order chi connectivity index (χ1) is 13.2. The van der Waals surface area contributed by atoms with Crippen LogP contribution >= 0.6 is 0 Å². The summed E-state index contributed by atoms with van der Waals surface area (Å²) in [4.78, 5) is 23.4. The van der Waals surface area contributed by atoms with Crippen molar-refractivity contribution in [3.05, 3.63) is 76.6 Å². The van der Waals surface area contributed by atoms with Crippen LogP contribution in [0.1, 0.15) is 5.56 Å². The van der Waals surface area contributed by atoms with Gasteiger partial charge in [-0.1, -0.05) is 24.3 Å². The smallest absolute Gasteiger partial charge is 0.308 e. The fraction of sp³-hybridized carbons (Fsp3) is 0.105. The van der Waals surface area contributed by atoms with Gasteiger partial charge in [0, 0.05) is 24.4 Å². The van der Waals surface area contributed by atoms with Gasteiger partial charge in [-0.3, -0.25) is 4.79 Å². The molecule has 2 N–H and O–H groups in total. The predicted molar refractivity (Wildman–Crippen MR) is 99.0 cm³/mol. The molecule has 0 bridgehead atoms. The van der Waals surface area contributed by atoms with Gasteiger partial charge in [0.05, 0.1) is 16.9 Å². The number of anilines is 2. The maximum Gasteiger partial charge on any atom is 0.418 e. The highest BCUT2D eigenvalue weighted by atomic mass is 19.4. The SMILES string of the molecule is Cn1nc(-c2ccc(NC(=O)Nc3ccccc3C(F)(F)F)cc2)ccc1=O. The Morgan fingerprint density at radius 3 is 2.29 bits per heavy atom. The average Bonchev–Trinajstić information content (AvgIpc) is 2.64. The summed E-state index contributed by atoms with van der Waals surface area (Å²) in [5, 5.41) is 8.80. The molecule has 144 valence electrons. The van der Waals surface area contributed by atoms with Crippen LogP contribution in [0.2, 0.25) is 0 Å². The summed E-state index contributed by atoms with van der Waals surface area (Å²) in [5.74, 6) is 0. The Labute approximate surface area is 157 Å². The largest absolute Gasteiger partial charge is 0.418 e. The van der Waals surface area contributed by atoms with Crippen molar-refractivity contribution in [2.24, 2.45) is 7.05 Å². The molecule has 0 fully saturated rings. The van der Waals surface area contributed by atoms with Crippen molar-refractivity contribution >= 4 is 17.4 Å². The van der Waals surface area contributed by atoms with Crippen LogP contribution in [0, 0.1) is 0 Å². The number of aryl methyl sites for hydroxylation is 1. The highest BCUT2D eigenvalue weighted by Gasteiger charge is 2.33. The molecule has 3 rings (SSSR count). The number of nitrogens with one attached hydrogen (secondary N) is 2. The number of hydrogen-bond donors (Lipinski definition) is 2. The zero-order chi connectivity index (χ0) is 20.3. The fourth-order valence-electron chi connectivity index (χ4n) is 2.50. The molecule has 9 heteroatoms. The van der Waals surface area contributed by atoms with Crippen LogP contribution < -0.4 is 16.2 Å². The summed E-state index contributed by atoms with van der Waals surface area (Å²) in [6.45, 7) is 0. The summed E-state index contributed by atoms with van der Waals surface area (Å²) in [6, 6.07) is 13.4. The van der Waals surface area contributed by atoms with E-state index in [1.807, 2.05) is 0 Å². The highest BCUT2D eigenvalue weighted by molar-refractivity contribution is 6.00. The number of hydrogen-bond acceptors (Lipinski definition) is 3. The lowest BCUT2D eigenvalue weighted by Gasteiger charge is -2.14. The van der Waals surface area contributed by atoms with Gasteiger partial charge in [-0.15, -0.1) is 0 Å². The lowest BCUT2D eigenvalue weighted by molar-refractivity contribution is -0.136. The quantitative estimate of drug-likeness (QED) is 0.709. The Hall–Kier alpha value is -3.62. The molecule has 0 aliphatic carbocycles. The molecule has 1 aromatic heterocycles. The molecule has 0 aliphatic heterocycles. The Morgan fingerprint density at radius 1 is 0.964 bits per heavy atom. The molecule has 2 aromatic carbocycles. The maximum absolute atomic E-state index is 13.0. The third kappa shape index (κ3) is 4.37. The third-order valence-electron chi connectivity index (χ3n) is 3.88. The molecule has 0 spiro atoms. The first kappa shape index (κ1) is 19.2. The van der Waals surface area contributed by atoms with Crippen molar-refractivity contribution in [2.75, 3.05) is 10.6 Å². The minimum atomic E-state index is -4.58. The van der Waals surface area contributed by atoms with Crippen molar-refractivity contribution in [2.45, 2.75) is 6.18 Å². The lowest BCUT2D eigenvalue weighted by atomic mass is 10.1. The normalized spacial score (nSPS) is 11.1. The van der Waals surface area contributed by atoms with Gasteiger partial charge < -0.3 is 10.6 Å². The van der Waals surface area contributed by atoms with Crippen molar-refractivity contribution in [1.82, 2.24) is 9.78 Å². The van der Waals surface area contributed by atoms with E-state index in [1.54, 1.807) is 30.3 Å². The monoisotopic (exact) mass is 388 g/mol. The van der Waals surface area contributed by atoms with Crippen LogP contribution in [0.5, 0.6) is 0 Å². The number of halogens is 3. The molecule has 6 nitrogen and oxygen atoms in total. The van der Waals surface area contributed by atoms with Crippen molar-refractivity contribution in [3.8, 4) is 11.3 Å². The summed E-state index contributed by atoms with van der Waals surface area (Å²) >= 11 is 0. The van der Waals surface area contributed by atoms with Crippen LogP contribution in [0.4, 0.5) is 29.3 Å². The van der Waals surface area contributed by atoms with Gasteiger partial charge in [0.2, 0.25) is 0 Å². The highest BCUT2D eigenvalue weighted by Crippen LogP contribution is 2.34. The van der Waals surface area contributed by atoms with Crippen LogP contribution in [0.15, 0.2) is 65.5 Å². The zero-order valence-corrected chi connectivity index (χ0v) is 14.6. The van der Waals surface area contributed by atoms with Gasteiger partial charge in [0.15, 0.2) is 0 Å². The lowest BCUT2D eigenvalue weighted by Crippen LogP contribution is -2.21. The number of rotatable bonds is 3. The summed E-state index contributed by atoms with van der Waals surface area (Å²) in [6.07, 6.45) is -4.58. The van der Waals surface area contributed by atoms with E-state index in [0.717, 1.165) is 6.07 Å². The first-order valence-corrected chi connectivity index (χ1v) is 8.13. The zero-order valence-electron chi connectivity index (χ0n) is 14.6. The van der Waals surface area contributed by atoms with Crippen LogP contribution in [0.3, 0.4) is 0 Å². The fourth-order valence-corrected chi connectivity index (χ4v) is 2.50. The summed E-state index contributed by atoms with van der Waals surface area (Å²) in [7, 11) is 1.53. The standard InChI is InChI=1S/C19H15F3N4O2/c1-26-17(27)11-10-15(25-26)12-6-8-13(9-7-12)23-18(28)24-16-5-3-2-4-14(16)19(20,21)22/h2-11H,1H3,(H2,23,24,28). The Morgan fingerprint density at radius 2 is 1.64 bits per heavy atom. The number of carbonyl (C=O) groups excluding carboxylic acids is 1. The molecule has 28 heavy (non-hydrogen) atoms. The second-order valence-electron chi connectivity index (χ2n) is 5.88. The molecular weight excluding hydrogens is 373 g/mol. The summed E-state index contributed by atoms with van der Waals surface area (Å²) in [5.41, 5.74) is 0.161. The van der Waals surface area contributed by atoms with E-state index in [2.05, 4.69) is 15.7 Å². The predicted octanol–water partition coefficient (Wildman–Crippen LogP) is 4.11. The van der Waals surface area contributed by atoms with E-state index in [1.165, 1.54) is 36.0 Å². The third-order valence-corrected chi connectivity index (χ3v) is 3.88. The minimum Gasteiger partial charge on any atom is -0.308 e. The van der Waals surface area contributed by atoms with E-state index < -0.39 is 17.8 Å². The number of amides is 2. The number of carbonyl (C=O) groups is 1. The molecule has 0 atom stereocenters. The number of para-hydroxylation sites is 1. The molecule has 2 amide bonds. The Bertz CT molecular complexity index is 1060. The number of urea groups is 1. The van der Waals surface area contributed by atoms with Crippen LogP contribution in [-0.4, -0.2) is 15.8 Å². The second kappa shape index (κ2) is 7.55. The van der Waals surface area contributed by atoms with E-state index in [4.69, 9.17) is 0 Å². The van der Waals surface area contributed by atoms with Gasteiger partial charge in [-0.2, -0.15) is 18.3 Å². The number of aromatic nitrogens is 2. The molecule has 0 saturated heterocycles. The number of alkyl halides is 3. The van der Waals surface area contributed by atoms with Gasteiger partial charge >= 0.3 is 12.2 Å². The first-order valence-electron chi connectivity index (χ1n) is 8.13. The topological polar surface area (TPSA) is 76.0 Å². The Balaban J connectivity index is 1.72. The van der Waals surface area contributed by atoms with Crippen molar-refractivity contribution in [1.29, 1.82) is 0 Å². The van der Waals surface area contributed by atoms with Gasteiger partial charge in [0.25, 0.3) is 5.56 Å². The molecule has 3 aromatic rings. The molecule has 0 radical (unpaired) electrons. The van der Waals surface area contributed by atoms with E-state index >= 15 is 0 Å². The van der Waals surface area contributed by atoms with E-state index in [-0.39, 0.29) is 11.2 Å². The molecule has 0 aliphatic rings. The van der Waals surface area contributed by atoms with Gasteiger partial charge in [-0.05, 0) is 30.3 Å².